The summed E-state index contributed by atoms with van der Waals surface area (Å²) in [7, 11) is 1.57. The largest absolute Gasteiger partial charge is 0.472 e. The average molecular weight is 1330 g/mol. The van der Waals surface area contributed by atoms with E-state index in [1.54, 1.807) is 6.08 Å². The van der Waals surface area contributed by atoms with Crippen LogP contribution in [0.25, 0.3) is 0 Å². The fraction of sp³-hybridized carbons (Fsp3) is 0.917. The van der Waals surface area contributed by atoms with E-state index >= 15 is 0 Å². The lowest BCUT2D eigenvalue weighted by Crippen LogP contribution is -2.45. The number of aliphatic hydroxyl groups excluding tert-OH is 1. The van der Waals surface area contributed by atoms with E-state index in [9.17, 15) is 19.4 Å². The van der Waals surface area contributed by atoms with Crippen molar-refractivity contribution < 1.29 is 32.9 Å². The molecule has 0 radical (unpaired) electrons. The van der Waals surface area contributed by atoms with Crippen LogP contribution in [0.3, 0.4) is 0 Å². The number of likely N-dealkylation sites (N-methyl/N-ethyl adjacent to an activating group) is 1. The molecule has 1 amide bonds. The zero-order valence-corrected chi connectivity index (χ0v) is 64.4. The molecule has 0 rings (SSSR count). The second-order valence-electron chi connectivity index (χ2n) is 30.2. The van der Waals surface area contributed by atoms with Crippen molar-refractivity contribution >= 4 is 13.7 Å². The Balaban J connectivity index is 3.94. The molecule has 8 nitrogen and oxygen atoms in total. The van der Waals surface area contributed by atoms with Crippen LogP contribution in [0.2, 0.25) is 0 Å². The number of nitrogens with zero attached hydrogens (tertiary/aromatic N) is 1. The molecule has 3 N–H and O–H groups in total. The first kappa shape index (κ1) is 91.7. The summed E-state index contributed by atoms with van der Waals surface area (Å²) in [4.78, 5) is 23.5. The van der Waals surface area contributed by atoms with Gasteiger partial charge in [0, 0.05) is 6.42 Å². The van der Waals surface area contributed by atoms with Gasteiger partial charge in [-0.1, -0.05) is 429 Å². The molecule has 552 valence electrons. The Morgan fingerprint density at radius 3 is 0.860 bits per heavy atom. The van der Waals surface area contributed by atoms with Crippen molar-refractivity contribution in [3.63, 3.8) is 0 Å². The highest BCUT2D eigenvalue weighted by atomic mass is 31.2. The zero-order chi connectivity index (χ0) is 67.6. The van der Waals surface area contributed by atoms with Gasteiger partial charge in [-0.05, 0) is 44.9 Å². The Labute approximate surface area is 582 Å². The monoisotopic (exact) mass is 1330 g/mol. The van der Waals surface area contributed by atoms with Crippen LogP contribution in [0.5, 0.6) is 0 Å². The predicted molar refractivity (Wildman–Crippen MR) is 411 cm³/mol. The maximum Gasteiger partial charge on any atom is 0.472 e. The fourth-order valence-corrected chi connectivity index (χ4v) is 13.9. The number of hydrogen-bond donors (Lipinski definition) is 3. The Hall–Kier alpha value is -1.28. The smallest absolute Gasteiger partial charge is 0.387 e. The van der Waals surface area contributed by atoms with Gasteiger partial charge in [0.05, 0.1) is 39.9 Å². The van der Waals surface area contributed by atoms with Gasteiger partial charge < -0.3 is 19.8 Å². The van der Waals surface area contributed by atoms with Gasteiger partial charge in [0.15, 0.2) is 0 Å². The highest BCUT2D eigenvalue weighted by molar-refractivity contribution is 7.47. The Morgan fingerprint density at radius 1 is 0.355 bits per heavy atom. The van der Waals surface area contributed by atoms with E-state index in [0.717, 1.165) is 44.9 Å². The molecule has 0 aliphatic rings. The number of allylic oxidation sites excluding steroid dienone is 5. The van der Waals surface area contributed by atoms with Crippen molar-refractivity contribution in [2.24, 2.45) is 0 Å². The first-order valence-corrected chi connectivity index (χ1v) is 43.4. The van der Waals surface area contributed by atoms with Crippen molar-refractivity contribution in [1.29, 1.82) is 0 Å². The third-order valence-electron chi connectivity index (χ3n) is 19.6. The van der Waals surface area contributed by atoms with Crippen LogP contribution in [0, 0.1) is 0 Å². The normalized spacial score (nSPS) is 13.6. The molecule has 0 heterocycles. The predicted octanol–water partition coefficient (Wildman–Crippen LogP) is 27.5. The molecule has 0 aliphatic heterocycles. The number of amides is 1. The summed E-state index contributed by atoms with van der Waals surface area (Å²) >= 11 is 0. The molecule has 3 unspecified atom stereocenters. The molecule has 0 saturated carbocycles. The van der Waals surface area contributed by atoms with Crippen LogP contribution < -0.4 is 5.32 Å². The third kappa shape index (κ3) is 77.9. The lowest BCUT2D eigenvalue weighted by Gasteiger charge is -2.25. The van der Waals surface area contributed by atoms with Gasteiger partial charge in [-0.25, -0.2) is 4.57 Å². The summed E-state index contributed by atoms with van der Waals surface area (Å²) in [5.74, 6) is -0.181. The fourth-order valence-electron chi connectivity index (χ4n) is 13.1. The number of nitrogens with one attached hydrogen (secondary N) is 1. The maximum atomic E-state index is 13.1. The molecule has 0 spiro atoms. The number of phosphoric acid groups is 1. The zero-order valence-electron chi connectivity index (χ0n) is 63.5. The molecule has 0 aromatic heterocycles. The van der Waals surface area contributed by atoms with Crippen LogP contribution in [0.15, 0.2) is 36.5 Å². The number of hydrogen-bond acceptors (Lipinski definition) is 5. The summed E-state index contributed by atoms with van der Waals surface area (Å²) in [5, 5.41) is 14.0. The summed E-state index contributed by atoms with van der Waals surface area (Å²) in [6.07, 6.45) is 102. The van der Waals surface area contributed by atoms with Crippen molar-refractivity contribution in [3.05, 3.63) is 36.5 Å². The van der Waals surface area contributed by atoms with Crippen LogP contribution in [0.1, 0.15) is 444 Å². The second-order valence-corrected chi connectivity index (χ2v) is 31.7. The Bertz CT molecular complexity index is 1610. The molecule has 0 aromatic carbocycles. The van der Waals surface area contributed by atoms with E-state index in [-0.39, 0.29) is 19.1 Å². The standard InChI is InChI=1S/C84H165N2O6P/c1-6-8-10-12-14-16-18-20-22-24-26-28-30-32-34-36-38-39-40-41-42-43-44-45-46-48-50-52-54-56-58-60-62-64-66-68-70-72-74-76-78-84(88)85-82(81-92-93(89,90)91-80-79-86(3,4)5)83(87)77-75-73-71-69-67-65-63-61-59-57-55-53-51-49-47-37-35-33-31-29-27-25-23-21-19-17-15-13-11-9-7-2/h59,61,67,69,75,77,82-83,87H,6-58,60,62-66,68,70-74,76,78-81H2,1-5H3,(H-,85,88,89,90)/p+1/b61-59+,69-67+,77-75+. The quantitative estimate of drug-likeness (QED) is 0.0243. The lowest BCUT2D eigenvalue weighted by atomic mass is 10.0. The Morgan fingerprint density at radius 2 is 0.591 bits per heavy atom. The first-order valence-electron chi connectivity index (χ1n) is 41.9. The van der Waals surface area contributed by atoms with Crippen LogP contribution in [-0.2, 0) is 18.4 Å². The number of carbonyl (C=O) groups is 1. The summed E-state index contributed by atoms with van der Waals surface area (Å²) < 4.78 is 23.9. The molecule has 0 bridgehead atoms. The third-order valence-corrected chi connectivity index (χ3v) is 20.6. The van der Waals surface area contributed by atoms with Crippen LogP contribution in [0.4, 0.5) is 0 Å². The molecule has 9 heteroatoms. The van der Waals surface area contributed by atoms with E-state index in [4.69, 9.17) is 9.05 Å². The van der Waals surface area contributed by atoms with E-state index in [1.165, 1.54) is 379 Å². The molecule has 93 heavy (non-hydrogen) atoms. The highest BCUT2D eigenvalue weighted by Crippen LogP contribution is 2.43. The van der Waals surface area contributed by atoms with Crippen LogP contribution in [-0.4, -0.2) is 73.4 Å². The molecular weight excluding hydrogens is 1160 g/mol. The number of carbonyl (C=O) groups excluding carboxylic acids is 1. The molecular formula is C84H166N2O6P+. The van der Waals surface area contributed by atoms with Crippen molar-refractivity contribution in [1.82, 2.24) is 5.32 Å². The average Bonchev–Trinajstić information content (AvgIpc) is 1.92. The van der Waals surface area contributed by atoms with Gasteiger partial charge in [-0.15, -0.1) is 0 Å². The van der Waals surface area contributed by atoms with E-state index < -0.39 is 20.0 Å². The van der Waals surface area contributed by atoms with Gasteiger partial charge in [-0.3, -0.25) is 13.8 Å². The molecule has 0 saturated heterocycles. The SMILES string of the molecule is CCCCCCCCCCCCCCCCCCCCCCC/C=C/CC/C=C/CC/C=C/C(O)C(COP(=O)(O)OCC[N+](C)(C)C)NC(=O)CCCCCCCCCCCCCCCCCCCCCCCCCCCCCCCCCCCCCCCCCC. The minimum atomic E-state index is -4.37. The molecule has 0 aromatic rings. The number of aliphatic hydroxyl groups is 1. The molecule has 0 aliphatic carbocycles. The summed E-state index contributed by atoms with van der Waals surface area (Å²) in [5.41, 5.74) is 0. The first-order chi connectivity index (χ1) is 45.5. The summed E-state index contributed by atoms with van der Waals surface area (Å²) in [6, 6.07) is -0.871. The van der Waals surface area contributed by atoms with E-state index in [1.807, 2.05) is 27.2 Å². The topological polar surface area (TPSA) is 105 Å². The molecule has 0 fully saturated rings. The van der Waals surface area contributed by atoms with Gasteiger partial charge >= 0.3 is 7.82 Å². The number of rotatable bonds is 79. The minimum absolute atomic E-state index is 0.0556. The second kappa shape index (κ2) is 74.9. The van der Waals surface area contributed by atoms with Gasteiger partial charge in [0.1, 0.15) is 13.2 Å². The molecule has 3 atom stereocenters. The summed E-state index contributed by atoms with van der Waals surface area (Å²) in [6.45, 7) is 4.86. The number of unbranched alkanes of at least 4 members (excludes halogenated alkanes) is 62. The van der Waals surface area contributed by atoms with E-state index in [2.05, 4.69) is 43.5 Å². The number of phosphoric ester groups is 1. The van der Waals surface area contributed by atoms with Gasteiger partial charge in [0.2, 0.25) is 5.91 Å². The lowest BCUT2D eigenvalue weighted by molar-refractivity contribution is -0.870. The maximum absolute atomic E-state index is 13.1. The minimum Gasteiger partial charge on any atom is -0.387 e. The van der Waals surface area contributed by atoms with Crippen molar-refractivity contribution in [3.8, 4) is 0 Å². The van der Waals surface area contributed by atoms with E-state index in [0.29, 0.717) is 17.4 Å². The van der Waals surface area contributed by atoms with Crippen LogP contribution >= 0.6 is 7.82 Å². The van der Waals surface area contributed by atoms with Gasteiger partial charge in [0.25, 0.3) is 0 Å². The van der Waals surface area contributed by atoms with Crippen molar-refractivity contribution in [2.45, 2.75) is 456 Å². The van der Waals surface area contributed by atoms with Crippen molar-refractivity contribution in [2.75, 3.05) is 40.9 Å². The highest BCUT2D eigenvalue weighted by Gasteiger charge is 2.28. The Kier molecular flexibility index (Phi) is 73.9. The van der Waals surface area contributed by atoms with Gasteiger partial charge in [-0.2, -0.15) is 0 Å². The number of quaternary nitrogens is 1.